The number of aliphatic hydroxyl groups is 1. The van der Waals surface area contributed by atoms with Gasteiger partial charge in [-0.25, -0.2) is 0 Å². The molecule has 5 atom stereocenters. The van der Waals surface area contributed by atoms with Crippen molar-refractivity contribution in [3.63, 3.8) is 0 Å². The standard InChI is InChI=1S/C32H42O3/c1-22(33)35-31-20-24(14-6-3-2-5-11-23-12-7-4-8-13-23)19-29-27-16-10-9-15-26(27)28-18-17-25(34)21-30(28)32(29)31/h4,7-8,12-13,19-20,25-28,30,34H,2-3,5-6,9-11,14-18,21H2,1H3. The number of ether oxygens (including phenoxy) is 1. The first kappa shape index (κ1) is 24.6. The highest BCUT2D eigenvalue weighted by Gasteiger charge is 2.47. The van der Waals surface area contributed by atoms with E-state index in [9.17, 15) is 9.90 Å². The Bertz CT molecular complexity index is 997. The Morgan fingerprint density at radius 3 is 2.34 bits per heavy atom. The van der Waals surface area contributed by atoms with Gasteiger partial charge in [0.25, 0.3) is 0 Å². The minimum Gasteiger partial charge on any atom is -0.426 e. The summed E-state index contributed by atoms with van der Waals surface area (Å²) in [5.41, 5.74) is 5.46. The molecule has 0 amide bonds. The van der Waals surface area contributed by atoms with Crippen LogP contribution in [0, 0.1) is 11.8 Å². The molecule has 188 valence electrons. The number of benzene rings is 2. The first-order valence-electron chi connectivity index (χ1n) is 14.2. The lowest BCUT2D eigenvalue weighted by molar-refractivity contribution is -0.132. The van der Waals surface area contributed by atoms with Crippen molar-refractivity contribution in [1.29, 1.82) is 0 Å². The summed E-state index contributed by atoms with van der Waals surface area (Å²) in [5.74, 6) is 2.84. The largest absolute Gasteiger partial charge is 0.426 e. The van der Waals surface area contributed by atoms with Gasteiger partial charge < -0.3 is 9.84 Å². The van der Waals surface area contributed by atoms with Gasteiger partial charge in [-0.1, -0.05) is 62.1 Å². The SMILES string of the molecule is CC(=O)Oc1cc(CCCCCCc2ccccc2)cc2c1C1CC(O)CCC1C1CCCCC21. The van der Waals surface area contributed by atoms with Crippen LogP contribution in [0.5, 0.6) is 5.75 Å². The average molecular weight is 475 g/mol. The smallest absolute Gasteiger partial charge is 0.308 e. The molecule has 2 fully saturated rings. The Balaban J connectivity index is 1.32. The molecule has 2 saturated carbocycles. The normalized spacial score (nSPS) is 27.4. The Morgan fingerprint density at radius 1 is 0.857 bits per heavy atom. The Hall–Kier alpha value is -2.13. The number of hydrogen-bond acceptors (Lipinski definition) is 3. The molecule has 35 heavy (non-hydrogen) atoms. The third-order valence-electron chi connectivity index (χ3n) is 9.03. The second kappa shape index (κ2) is 11.3. The zero-order valence-corrected chi connectivity index (χ0v) is 21.4. The van der Waals surface area contributed by atoms with E-state index in [-0.39, 0.29) is 12.1 Å². The number of hydrogen-bond donors (Lipinski definition) is 1. The lowest BCUT2D eigenvalue weighted by Crippen LogP contribution is -2.40. The van der Waals surface area contributed by atoms with Crippen LogP contribution in [0.25, 0.3) is 0 Å². The summed E-state index contributed by atoms with van der Waals surface area (Å²) in [6, 6.07) is 15.4. The van der Waals surface area contributed by atoms with Gasteiger partial charge in [0, 0.05) is 12.5 Å². The second-order valence-corrected chi connectivity index (χ2v) is 11.4. The zero-order chi connectivity index (χ0) is 24.2. The molecule has 5 unspecified atom stereocenters. The maximum absolute atomic E-state index is 12.1. The van der Waals surface area contributed by atoms with Crippen LogP contribution in [0.15, 0.2) is 42.5 Å². The summed E-state index contributed by atoms with van der Waals surface area (Å²) in [5, 5.41) is 10.5. The predicted molar refractivity (Wildman–Crippen MR) is 141 cm³/mol. The molecule has 1 N–H and O–H groups in total. The van der Waals surface area contributed by atoms with Gasteiger partial charge in [0.05, 0.1) is 6.10 Å². The summed E-state index contributed by atoms with van der Waals surface area (Å²) in [6.45, 7) is 1.52. The van der Waals surface area contributed by atoms with E-state index >= 15 is 0 Å². The molecule has 0 spiro atoms. The lowest BCUT2D eigenvalue weighted by Gasteiger charge is -2.50. The van der Waals surface area contributed by atoms with Crippen LogP contribution in [0.3, 0.4) is 0 Å². The molecule has 5 rings (SSSR count). The topological polar surface area (TPSA) is 46.5 Å². The minimum absolute atomic E-state index is 0.231. The van der Waals surface area contributed by atoms with Gasteiger partial charge in [0.15, 0.2) is 0 Å². The maximum Gasteiger partial charge on any atom is 0.308 e. The molecule has 3 nitrogen and oxygen atoms in total. The molecule has 3 heteroatoms. The van der Waals surface area contributed by atoms with Crippen LogP contribution in [0.4, 0.5) is 0 Å². The fraction of sp³-hybridized carbons (Fsp3) is 0.594. The molecule has 0 aliphatic heterocycles. The fourth-order valence-electron chi connectivity index (χ4n) is 7.53. The highest BCUT2D eigenvalue weighted by Crippen LogP contribution is 2.59. The molecule has 0 radical (unpaired) electrons. The molecule has 3 aliphatic carbocycles. The van der Waals surface area contributed by atoms with Gasteiger partial charge >= 0.3 is 5.97 Å². The van der Waals surface area contributed by atoms with Gasteiger partial charge in [0.1, 0.15) is 5.75 Å². The quantitative estimate of drug-likeness (QED) is 0.245. The van der Waals surface area contributed by atoms with Crippen LogP contribution in [0.1, 0.15) is 112 Å². The summed E-state index contributed by atoms with van der Waals surface area (Å²) in [7, 11) is 0. The van der Waals surface area contributed by atoms with Crippen LogP contribution in [-0.2, 0) is 17.6 Å². The van der Waals surface area contributed by atoms with Crippen molar-refractivity contribution < 1.29 is 14.6 Å². The number of aliphatic hydroxyl groups excluding tert-OH is 1. The molecular weight excluding hydrogens is 432 g/mol. The Morgan fingerprint density at radius 2 is 1.57 bits per heavy atom. The van der Waals surface area contributed by atoms with Crippen molar-refractivity contribution in [3.8, 4) is 5.75 Å². The number of aryl methyl sites for hydroxylation is 2. The van der Waals surface area contributed by atoms with Crippen molar-refractivity contribution in [3.05, 3.63) is 64.7 Å². The summed E-state index contributed by atoms with van der Waals surface area (Å²) in [4.78, 5) is 12.1. The molecule has 3 aliphatic rings. The number of carbonyl (C=O) groups is 1. The molecule has 0 bridgehead atoms. The van der Waals surface area contributed by atoms with E-state index in [1.165, 1.54) is 80.5 Å². The second-order valence-electron chi connectivity index (χ2n) is 11.4. The Labute approximate surface area is 211 Å². The van der Waals surface area contributed by atoms with Gasteiger partial charge in [0.2, 0.25) is 0 Å². The molecule has 0 heterocycles. The van der Waals surface area contributed by atoms with Gasteiger partial charge in [-0.2, -0.15) is 0 Å². The first-order chi connectivity index (χ1) is 17.1. The van der Waals surface area contributed by atoms with E-state index < -0.39 is 0 Å². The van der Waals surface area contributed by atoms with Crippen molar-refractivity contribution in [2.75, 3.05) is 0 Å². The number of carbonyl (C=O) groups excluding carboxylic acids is 1. The summed E-state index contributed by atoms with van der Waals surface area (Å²) >= 11 is 0. The number of rotatable bonds is 8. The summed E-state index contributed by atoms with van der Waals surface area (Å²) in [6.07, 6.45) is 14.9. The number of esters is 1. The third kappa shape index (κ3) is 5.66. The van der Waals surface area contributed by atoms with E-state index in [0.29, 0.717) is 17.8 Å². The average Bonchev–Trinajstić information content (AvgIpc) is 2.86. The maximum atomic E-state index is 12.1. The fourth-order valence-corrected chi connectivity index (χ4v) is 7.53. The molecule has 0 aromatic heterocycles. The molecule has 2 aromatic carbocycles. The van der Waals surface area contributed by atoms with E-state index in [1.807, 2.05) is 0 Å². The van der Waals surface area contributed by atoms with E-state index in [1.54, 1.807) is 0 Å². The van der Waals surface area contributed by atoms with E-state index in [2.05, 4.69) is 42.5 Å². The van der Waals surface area contributed by atoms with Crippen LogP contribution >= 0.6 is 0 Å². The van der Waals surface area contributed by atoms with Crippen molar-refractivity contribution in [2.45, 2.75) is 108 Å². The highest BCUT2D eigenvalue weighted by atomic mass is 16.5. The van der Waals surface area contributed by atoms with Crippen molar-refractivity contribution in [1.82, 2.24) is 0 Å². The highest BCUT2D eigenvalue weighted by molar-refractivity contribution is 5.70. The minimum atomic E-state index is -0.232. The molecule has 0 saturated heterocycles. The zero-order valence-electron chi connectivity index (χ0n) is 21.4. The molecular formula is C32H42O3. The molecule has 2 aromatic rings. The van der Waals surface area contributed by atoms with Crippen LogP contribution in [-0.4, -0.2) is 17.2 Å². The van der Waals surface area contributed by atoms with Gasteiger partial charge in [-0.3, -0.25) is 4.79 Å². The Kier molecular flexibility index (Phi) is 7.92. The lowest BCUT2D eigenvalue weighted by atomic mass is 9.55. The third-order valence-corrected chi connectivity index (χ3v) is 9.03. The van der Waals surface area contributed by atoms with Crippen LogP contribution < -0.4 is 4.74 Å². The van der Waals surface area contributed by atoms with E-state index in [0.717, 1.165) is 43.8 Å². The van der Waals surface area contributed by atoms with Gasteiger partial charge in [-0.15, -0.1) is 0 Å². The van der Waals surface area contributed by atoms with Crippen LogP contribution in [0.2, 0.25) is 0 Å². The first-order valence-corrected chi connectivity index (χ1v) is 14.2. The number of fused-ring (bicyclic) bond motifs is 6. The number of unbranched alkanes of at least 4 members (excludes halogenated alkanes) is 3. The summed E-state index contributed by atoms with van der Waals surface area (Å²) < 4.78 is 5.89. The van der Waals surface area contributed by atoms with E-state index in [4.69, 9.17) is 4.74 Å². The van der Waals surface area contributed by atoms with Crippen molar-refractivity contribution >= 4 is 5.97 Å². The van der Waals surface area contributed by atoms with Crippen molar-refractivity contribution in [2.24, 2.45) is 11.8 Å². The predicted octanol–water partition coefficient (Wildman–Crippen LogP) is 7.49. The monoisotopic (exact) mass is 474 g/mol. The van der Waals surface area contributed by atoms with Gasteiger partial charge in [-0.05, 0) is 104 Å².